The Labute approximate surface area is 244 Å². The summed E-state index contributed by atoms with van der Waals surface area (Å²) in [7, 11) is 0. The summed E-state index contributed by atoms with van der Waals surface area (Å²) >= 11 is 0. The highest BCUT2D eigenvalue weighted by atomic mass is 16.3. The van der Waals surface area contributed by atoms with E-state index in [1.165, 1.54) is 5.01 Å². The van der Waals surface area contributed by atoms with Gasteiger partial charge in [0.2, 0.25) is 11.8 Å². The highest BCUT2D eigenvalue weighted by molar-refractivity contribution is 6.10. The van der Waals surface area contributed by atoms with Crippen molar-refractivity contribution < 1.29 is 24.6 Å². The average molecular weight is 567 g/mol. The molecule has 2 aliphatic heterocycles. The van der Waals surface area contributed by atoms with Gasteiger partial charge in [-0.3, -0.25) is 14.4 Å². The Morgan fingerprint density at radius 2 is 1.79 bits per heavy atom. The van der Waals surface area contributed by atoms with Crippen molar-refractivity contribution in [3.05, 3.63) is 108 Å². The second kappa shape index (κ2) is 12.5. The van der Waals surface area contributed by atoms with E-state index in [1.807, 2.05) is 60.7 Å². The lowest BCUT2D eigenvalue weighted by Gasteiger charge is -2.28. The Kier molecular flexibility index (Phi) is 8.61. The molecule has 0 unspecified atom stereocenters. The third-order valence-electron chi connectivity index (χ3n) is 7.71. The second-order valence-electron chi connectivity index (χ2n) is 10.5. The van der Waals surface area contributed by atoms with Gasteiger partial charge in [0.15, 0.2) is 5.60 Å². The van der Waals surface area contributed by atoms with Crippen LogP contribution in [0.3, 0.4) is 0 Å². The smallest absolute Gasteiger partial charge is 0.261 e. The van der Waals surface area contributed by atoms with E-state index < -0.39 is 17.4 Å². The number of amides is 3. The molecule has 216 valence electrons. The molecule has 3 aromatic rings. The zero-order valence-corrected chi connectivity index (χ0v) is 23.4. The van der Waals surface area contributed by atoms with Gasteiger partial charge in [0.1, 0.15) is 0 Å². The molecule has 2 heterocycles. The van der Waals surface area contributed by atoms with E-state index in [2.05, 4.69) is 10.4 Å². The standard InChI is InChI=1S/C33H34N4O5/c1-23(9-8-14-30(39)36(19-20-38)22-24-10-4-2-5-11-24)33(42)27-21-26(15-16-29(27)34-32(33)41)37-31(40)18-17-28(35-37)25-12-6-3-7-13-25/h2-13,15-16,21,23,38,42H,14,17-20,22H2,1H3,(H,34,41)/b9-8+/t23-,33+/m1/s1. The van der Waals surface area contributed by atoms with E-state index >= 15 is 0 Å². The van der Waals surface area contributed by atoms with E-state index in [1.54, 1.807) is 42.2 Å². The van der Waals surface area contributed by atoms with Gasteiger partial charge < -0.3 is 20.4 Å². The highest BCUT2D eigenvalue weighted by Gasteiger charge is 2.49. The SMILES string of the molecule is C[C@H](/C=C/CC(=O)N(CCO)Cc1ccccc1)[C@@]1(O)C(=O)Nc2ccc(N3N=C(c4ccccc4)CCC3=O)cc21. The molecule has 0 spiro atoms. The summed E-state index contributed by atoms with van der Waals surface area (Å²) in [5.41, 5.74) is 2.00. The van der Waals surface area contributed by atoms with E-state index in [0.717, 1.165) is 16.8 Å². The van der Waals surface area contributed by atoms with Gasteiger partial charge in [-0.05, 0) is 29.3 Å². The molecule has 3 aromatic carbocycles. The Morgan fingerprint density at radius 3 is 2.50 bits per heavy atom. The average Bonchev–Trinajstić information content (AvgIpc) is 3.27. The van der Waals surface area contributed by atoms with Gasteiger partial charge in [-0.25, -0.2) is 5.01 Å². The number of rotatable bonds is 10. The van der Waals surface area contributed by atoms with Gasteiger partial charge in [0, 0.05) is 49.5 Å². The quantitative estimate of drug-likeness (QED) is 0.321. The first kappa shape index (κ1) is 28.9. The minimum Gasteiger partial charge on any atom is -0.395 e. The predicted octanol–water partition coefficient (Wildman–Crippen LogP) is 3.96. The second-order valence-corrected chi connectivity index (χ2v) is 10.5. The van der Waals surface area contributed by atoms with Crippen molar-refractivity contribution in [2.75, 3.05) is 23.5 Å². The number of anilines is 2. The van der Waals surface area contributed by atoms with Crippen LogP contribution in [0.5, 0.6) is 0 Å². The lowest BCUT2D eigenvalue weighted by molar-refractivity contribution is -0.137. The summed E-state index contributed by atoms with van der Waals surface area (Å²) in [6, 6.07) is 24.2. The maximum Gasteiger partial charge on any atom is 0.261 e. The number of fused-ring (bicyclic) bond motifs is 1. The van der Waals surface area contributed by atoms with Crippen molar-refractivity contribution in [3.8, 4) is 0 Å². The van der Waals surface area contributed by atoms with Crippen LogP contribution in [0.4, 0.5) is 11.4 Å². The third-order valence-corrected chi connectivity index (χ3v) is 7.71. The highest BCUT2D eigenvalue weighted by Crippen LogP contribution is 2.43. The molecule has 2 aliphatic rings. The van der Waals surface area contributed by atoms with Crippen molar-refractivity contribution in [3.63, 3.8) is 0 Å². The minimum absolute atomic E-state index is 0.0427. The number of hydrazone groups is 1. The Morgan fingerprint density at radius 1 is 1.07 bits per heavy atom. The van der Waals surface area contributed by atoms with Gasteiger partial charge in [0.05, 0.1) is 18.0 Å². The molecular formula is C33H34N4O5. The molecule has 3 N–H and O–H groups in total. The number of aliphatic hydroxyl groups excluding tert-OH is 1. The monoisotopic (exact) mass is 566 g/mol. The van der Waals surface area contributed by atoms with Crippen LogP contribution in [0.1, 0.15) is 42.9 Å². The van der Waals surface area contributed by atoms with Crippen LogP contribution in [-0.2, 0) is 26.5 Å². The van der Waals surface area contributed by atoms with Crippen molar-refractivity contribution >= 4 is 34.8 Å². The van der Waals surface area contributed by atoms with Gasteiger partial charge in [-0.1, -0.05) is 79.7 Å². The minimum atomic E-state index is -1.91. The molecule has 9 nitrogen and oxygen atoms in total. The lowest BCUT2D eigenvalue weighted by atomic mass is 9.82. The first-order chi connectivity index (χ1) is 20.3. The number of carbonyl (C=O) groups excluding carboxylic acids is 3. The summed E-state index contributed by atoms with van der Waals surface area (Å²) < 4.78 is 0. The fourth-order valence-electron chi connectivity index (χ4n) is 5.33. The van der Waals surface area contributed by atoms with Crippen LogP contribution in [0.2, 0.25) is 0 Å². The molecule has 0 fully saturated rings. The molecule has 42 heavy (non-hydrogen) atoms. The first-order valence-corrected chi connectivity index (χ1v) is 14.0. The van der Waals surface area contributed by atoms with E-state index in [-0.39, 0.29) is 37.8 Å². The summed E-state index contributed by atoms with van der Waals surface area (Å²) in [6.07, 6.45) is 4.14. The zero-order valence-electron chi connectivity index (χ0n) is 23.4. The number of nitrogens with one attached hydrogen (secondary N) is 1. The molecule has 5 rings (SSSR count). The normalized spacial score (nSPS) is 18.9. The van der Waals surface area contributed by atoms with Crippen molar-refractivity contribution in [1.82, 2.24) is 4.90 Å². The lowest BCUT2D eigenvalue weighted by Crippen LogP contribution is -2.40. The Bertz CT molecular complexity index is 1520. The predicted molar refractivity (Wildman–Crippen MR) is 161 cm³/mol. The van der Waals surface area contributed by atoms with Crippen LogP contribution in [0, 0.1) is 5.92 Å². The molecule has 2 atom stereocenters. The summed E-state index contributed by atoms with van der Waals surface area (Å²) in [5.74, 6) is -1.63. The summed E-state index contributed by atoms with van der Waals surface area (Å²) in [4.78, 5) is 40.4. The molecular weight excluding hydrogens is 532 g/mol. The topological polar surface area (TPSA) is 123 Å². The number of hydrogen-bond acceptors (Lipinski definition) is 6. The van der Waals surface area contributed by atoms with Crippen molar-refractivity contribution in [2.24, 2.45) is 11.0 Å². The molecule has 0 saturated carbocycles. The van der Waals surface area contributed by atoms with Crippen LogP contribution in [0.25, 0.3) is 0 Å². The number of aliphatic hydroxyl groups is 2. The molecule has 0 bridgehead atoms. The molecule has 9 heteroatoms. The van der Waals surface area contributed by atoms with Crippen LogP contribution < -0.4 is 10.3 Å². The van der Waals surface area contributed by atoms with E-state index in [4.69, 9.17) is 0 Å². The molecule has 0 saturated heterocycles. The number of hydrogen-bond donors (Lipinski definition) is 3. The van der Waals surface area contributed by atoms with Crippen LogP contribution >= 0.6 is 0 Å². The fraction of sp³-hybridized carbons (Fsp3) is 0.273. The zero-order chi connectivity index (χ0) is 29.7. The van der Waals surface area contributed by atoms with E-state index in [0.29, 0.717) is 29.9 Å². The molecule has 0 radical (unpaired) electrons. The number of carbonyl (C=O) groups is 3. The van der Waals surface area contributed by atoms with Gasteiger partial charge in [0.25, 0.3) is 5.91 Å². The number of benzene rings is 3. The maximum absolute atomic E-state index is 13.1. The summed E-state index contributed by atoms with van der Waals surface area (Å²) in [6.45, 7) is 2.11. The number of nitrogens with zero attached hydrogens (tertiary/aromatic N) is 3. The van der Waals surface area contributed by atoms with Gasteiger partial charge in [-0.2, -0.15) is 5.10 Å². The van der Waals surface area contributed by atoms with Crippen molar-refractivity contribution in [2.45, 2.75) is 38.3 Å². The summed E-state index contributed by atoms with van der Waals surface area (Å²) in [5, 5.41) is 29.9. The first-order valence-electron chi connectivity index (χ1n) is 14.0. The van der Waals surface area contributed by atoms with Crippen molar-refractivity contribution in [1.29, 1.82) is 0 Å². The Balaban J connectivity index is 1.34. The molecule has 3 amide bonds. The fourth-order valence-corrected chi connectivity index (χ4v) is 5.33. The largest absolute Gasteiger partial charge is 0.395 e. The maximum atomic E-state index is 13.1. The van der Waals surface area contributed by atoms with Crippen LogP contribution in [-0.4, -0.2) is 51.7 Å². The van der Waals surface area contributed by atoms with Gasteiger partial charge >= 0.3 is 0 Å². The third kappa shape index (κ3) is 5.88. The molecule has 0 aromatic heterocycles. The van der Waals surface area contributed by atoms with E-state index in [9.17, 15) is 24.6 Å². The van der Waals surface area contributed by atoms with Crippen LogP contribution in [0.15, 0.2) is 96.1 Å². The Hall–Kier alpha value is -4.60. The van der Waals surface area contributed by atoms with Gasteiger partial charge in [-0.15, -0.1) is 0 Å². The molecule has 0 aliphatic carbocycles.